The van der Waals surface area contributed by atoms with Crippen LogP contribution >= 0.6 is 0 Å². The van der Waals surface area contributed by atoms with Gasteiger partial charge in [0.05, 0.1) is 16.7 Å². The standard InChI is InChI=1S/C64H40N2O2/c1-2-14-44(15-3-1)63-57-24-12-23-56(66(57)58-36-31-42-13-4-5-20-51(42)64(58)63)43-29-27-41(28-30-43)45-16-10-17-46(37-45)47-18-11-19-48(38-47)65(49-32-34-54-52-21-6-8-25-59(52)67-61(54)39-49)50-33-35-55-53-22-7-9-26-60(53)68-62(55)40-50/h1-40H. The van der Waals surface area contributed by atoms with E-state index in [1.807, 2.05) is 24.3 Å². The molecule has 4 nitrogen and oxygen atoms in total. The number of rotatable bonds is 7. The zero-order valence-electron chi connectivity index (χ0n) is 36.8. The first-order valence-corrected chi connectivity index (χ1v) is 23.1. The number of aromatic nitrogens is 1. The summed E-state index contributed by atoms with van der Waals surface area (Å²) in [6, 6.07) is 87.0. The van der Waals surface area contributed by atoms with E-state index < -0.39 is 0 Å². The van der Waals surface area contributed by atoms with E-state index >= 15 is 0 Å². The first-order valence-electron chi connectivity index (χ1n) is 23.1. The number of anilines is 3. The summed E-state index contributed by atoms with van der Waals surface area (Å²) in [7, 11) is 0. The zero-order valence-corrected chi connectivity index (χ0v) is 36.8. The van der Waals surface area contributed by atoms with Crippen molar-refractivity contribution in [1.29, 1.82) is 0 Å². The molecule has 10 aromatic carbocycles. The van der Waals surface area contributed by atoms with E-state index in [1.165, 1.54) is 38.3 Å². The first-order chi connectivity index (χ1) is 33.7. The number of nitrogens with zero attached hydrogens (tertiary/aromatic N) is 2. The maximum absolute atomic E-state index is 6.43. The fourth-order valence-corrected chi connectivity index (χ4v) is 10.6. The van der Waals surface area contributed by atoms with E-state index in [4.69, 9.17) is 8.83 Å². The molecule has 0 fully saturated rings. The van der Waals surface area contributed by atoms with Gasteiger partial charge in [0.15, 0.2) is 0 Å². The van der Waals surface area contributed by atoms with Crippen LogP contribution in [0.25, 0.3) is 116 Å². The molecule has 0 aliphatic carbocycles. The third-order valence-electron chi connectivity index (χ3n) is 13.8. The molecule has 14 rings (SSSR count). The summed E-state index contributed by atoms with van der Waals surface area (Å²) < 4.78 is 15.3. The maximum atomic E-state index is 6.43. The molecular formula is C64H40N2O2. The van der Waals surface area contributed by atoms with Crippen LogP contribution in [0.1, 0.15) is 0 Å². The molecule has 68 heavy (non-hydrogen) atoms. The predicted octanol–water partition coefficient (Wildman–Crippen LogP) is 18.2. The first kappa shape index (κ1) is 38.2. The highest BCUT2D eigenvalue weighted by atomic mass is 16.3. The molecule has 0 aliphatic rings. The highest BCUT2D eigenvalue weighted by Crippen LogP contribution is 2.44. The molecule has 0 N–H and O–H groups in total. The molecule has 4 aromatic heterocycles. The molecule has 0 saturated heterocycles. The van der Waals surface area contributed by atoms with Crippen molar-refractivity contribution in [2.75, 3.05) is 4.90 Å². The number of benzene rings is 10. The Labute approximate surface area is 391 Å². The van der Waals surface area contributed by atoms with E-state index in [0.717, 1.165) is 94.5 Å². The third-order valence-corrected chi connectivity index (χ3v) is 13.8. The van der Waals surface area contributed by atoms with Gasteiger partial charge in [-0.15, -0.1) is 0 Å². The fraction of sp³-hybridized carbons (Fsp3) is 0. The minimum absolute atomic E-state index is 0.845. The lowest BCUT2D eigenvalue weighted by molar-refractivity contribution is 0.669. The molecule has 0 atom stereocenters. The molecule has 4 heteroatoms. The SMILES string of the molecule is c1ccc(-c2c3c4ccccc4ccc3n3c(-c4ccc(-c5cccc(-c6cccc(N(c7ccc8c(c7)oc7ccccc78)c7ccc8c(c7)oc7ccccc78)c6)c5)cc4)cccc23)cc1. The third kappa shape index (κ3) is 6.08. The summed E-state index contributed by atoms with van der Waals surface area (Å²) in [5.74, 6) is 0. The van der Waals surface area contributed by atoms with E-state index in [0.29, 0.717) is 0 Å². The van der Waals surface area contributed by atoms with Crippen molar-refractivity contribution in [1.82, 2.24) is 4.40 Å². The topological polar surface area (TPSA) is 33.9 Å². The van der Waals surface area contributed by atoms with Crippen molar-refractivity contribution >= 4 is 88.1 Å². The zero-order chi connectivity index (χ0) is 44.7. The molecule has 0 bridgehead atoms. The Morgan fingerprint density at radius 2 is 0.824 bits per heavy atom. The van der Waals surface area contributed by atoms with Gasteiger partial charge in [-0.25, -0.2) is 0 Å². The molecule has 0 radical (unpaired) electrons. The van der Waals surface area contributed by atoms with Gasteiger partial charge in [-0.1, -0.05) is 158 Å². The van der Waals surface area contributed by atoms with Gasteiger partial charge in [-0.05, 0) is 117 Å². The van der Waals surface area contributed by atoms with Gasteiger partial charge in [-0.3, -0.25) is 0 Å². The number of fused-ring (bicyclic) bond motifs is 11. The second kappa shape index (κ2) is 15.2. The number of para-hydroxylation sites is 2. The summed E-state index contributed by atoms with van der Waals surface area (Å²) in [5, 5.41) is 8.20. The number of furan rings is 2. The predicted molar refractivity (Wildman–Crippen MR) is 283 cm³/mol. The number of hydrogen-bond donors (Lipinski definition) is 0. The number of pyridine rings is 1. The van der Waals surface area contributed by atoms with Crippen molar-refractivity contribution in [3.05, 3.63) is 243 Å². The lowest BCUT2D eigenvalue weighted by Gasteiger charge is -2.26. The van der Waals surface area contributed by atoms with Crippen LogP contribution in [-0.2, 0) is 0 Å². The van der Waals surface area contributed by atoms with E-state index in [-0.39, 0.29) is 0 Å². The van der Waals surface area contributed by atoms with Crippen molar-refractivity contribution in [3.8, 4) is 44.6 Å². The Hall–Kier alpha value is -9.12. The van der Waals surface area contributed by atoms with Crippen molar-refractivity contribution in [2.45, 2.75) is 0 Å². The Kier molecular flexibility index (Phi) is 8.55. The molecule has 0 amide bonds. The van der Waals surface area contributed by atoms with Crippen LogP contribution in [0.4, 0.5) is 17.1 Å². The summed E-state index contributed by atoms with van der Waals surface area (Å²) in [6.07, 6.45) is 0. The summed E-state index contributed by atoms with van der Waals surface area (Å²) >= 11 is 0. The molecular weight excluding hydrogens is 829 g/mol. The number of hydrogen-bond acceptors (Lipinski definition) is 3. The monoisotopic (exact) mass is 868 g/mol. The van der Waals surface area contributed by atoms with Gasteiger partial charge < -0.3 is 18.1 Å². The normalized spacial score (nSPS) is 11.8. The highest BCUT2D eigenvalue weighted by Gasteiger charge is 2.21. The lowest BCUT2D eigenvalue weighted by atomic mass is 9.97. The van der Waals surface area contributed by atoms with Gasteiger partial charge in [-0.2, -0.15) is 0 Å². The van der Waals surface area contributed by atoms with E-state index in [2.05, 4.69) is 228 Å². The van der Waals surface area contributed by atoms with Crippen LogP contribution in [0.3, 0.4) is 0 Å². The summed E-state index contributed by atoms with van der Waals surface area (Å²) in [6.45, 7) is 0. The molecule has 0 unspecified atom stereocenters. The Bertz CT molecular complexity index is 4160. The summed E-state index contributed by atoms with van der Waals surface area (Å²) in [4.78, 5) is 2.30. The lowest BCUT2D eigenvalue weighted by Crippen LogP contribution is -2.09. The van der Waals surface area contributed by atoms with Crippen molar-refractivity contribution in [3.63, 3.8) is 0 Å². The smallest absolute Gasteiger partial charge is 0.137 e. The molecule has 0 saturated carbocycles. The minimum Gasteiger partial charge on any atom is -0.456 e. The fourth-order valence-electron chi connectivity index (χ4n) is 10.6. The van der Waals surface area contributed by atoms with Crippen LogP contribution in [-0.4, -0.2) is 4.40 Å². The van der Waals surface area contributed by atoms with Crippen LogP contribution in [0, 0.1) is 0 Å². The molecule has 318 valence electrons. The minimum atomic E-state index is 0.845. The van der Waals surface area contributed by atoms with Gasteiger partial charge >= 0.3 is 0 Å². The average Bonchev–Trinajstić information content (AvgIpc) is 4.08. The molecule has 14 aromatic rings. The Morgan fingerprint density at radius 1 is 0.294 bits per heavy atom. The largest absolute Gasteiger partial charge is 0.456 e. The van der Waals surface area contributed by atoms with Crippen molar-refractivity contribution < 1.29 is 8.83 Å². The molecule has 4 heterocycles. The van der Waals surface area contributed by atoms with Gasteiger partial charge in [0.25, 0.3) is 0 Å². The summed E-state index contributed by atoms with van der Waals surface area (Å²) in [5.41, 5.74) is 18.2. The van der Waals surface area contributed by atoms with Gasteiger partial charge in [0.1, 0.15) is 22.3 Å². The Balaban J connectivity index is 0.847. The van der Waals surface area contributed by atoms with E-state index in [1.54, 1.807) is 0 Å². The van der Waals surface area contributed by atoms with Gasteiger partial charge in [0, 0.05) is 61.7 Å². The average molecular weight is 869 g/mol. The highest BCUT2D eigenvalue weighted by molar-refractivity contribution is 6.19. The van der Waals surface area contributed by atoms with Crippen LogP contribution in [0.15, 0.2) is 251 Å². The van der Waals surface area contributed by atoms with Crippen LogP contribution in [0.2, 0.25) is 0 Å². The molecule has 0 aliphatic heterocycles. The van der Waals surface area contributed by atoms with Crippen molar-refractivity contribution in [2.24, 2.45) is 0 Å². The van der Waals surface area contributed by atoms with Crippen LogP contribution < -0.4 is 4.90 Å². The van der Waals surface area contributed by atoms with Crippen LogP contribution in [0.5, 0.6) is 0 Å². The second-order valence-corrected chi connectivity index (χ2v) is 17.7. The quantitative estimate of drug-likeness (QED) is 0.160. The van der Waals surface area contributed by atoms with Gasteiger partial charge in [0.2, 0.25) is 0 Å². The van der Waals surface area contributed by atoms with E-state index in [9.17, 15) is 0 Å². The maximum Gasteiger partial charge on any atom is 0.137 e. The second-order valence-electron chi connectivity index (χ2n) is 17.7. The Morgan fingerprint density at radius 3 is 1.53 bits per heavy atom. The molecule has 0 spiro atoms.